The molecular formula is C75H117N11O24. The number of carbonyl (C=O) groups is 13. The third-order valence-corrected chi connectivity index (χ3v) is 20.0. The number of carbonyl (C=O) groups excluding carboxylic acids is 12. The van der Waals surface area contributed by atoms with Crippen molar-refractivity contribution < 1.29 is 116 Å². The number of hydrogen-bond donors (Lipinski definition) is 6. The van der Waals surface area contributed by atoms with Gasteiger partial charge in [-0.15, -0.1) is 0 Å². The van der Waals surface area contributed by atoms with E-state index in [9.17, 15) is 62.3 Å². The predicted molar refractivity (Wildman–Crippen MR) is 394 cm³/mol. The third-order valence-electron chi connectivity index (χ3n) is 20.0. The fraction of sp³-hybridized carbons (Fsp3) is 0.667. The average Bonchev–Trinajstić information content (AvgIpc) is 1.57. The second-order valence-electron chi connectivity index (χ2n) is 27.5. The Morgan fingerprint density at radius 3 is 1.51 bits per heavy atom. The molecule has 0 spiro atoms. The SMILES string of the molecule is CNCCC(=O)OCc1ccccc1.COC(=O)[C@@H]1CCCN(C)[C@@H]1C(=O)N(C)CCCOOCc1ccccc1.COC(=O)[C@@H]1CCCN(C)[C@@H]1C(=O)O.COC(=O)[C@@H]1CCCN2C(=O)CCN(C)C(=O)[C@H]12.COC(=O)[C@@H]1CCCN2C(=O)CCN(N)C(=O)[C@H]12.COC(=O)[C@@H]1CCCN[C@@H]1C(=O)N(C)CCC(O)O. The number of nitrogens with zero attached hydrogens (tertiary/aromatic N) is 8. The van der Waals surface area contributed by atoms with Crippen LogP contribution in [0.4, 0.5) is 0 Å². The highest BCUT2D eigenvalue weighted by Gasteiger charge is 2.49. The lowest BCUT2D eigenvalue weighted by Crippen LogP contribution is -2.57. The molecule has 0 aromatic heterocycles. The van der Waals surface area contributed by atoms with Crippen molar-refractivity contribution in [2.45, 2.75) is 146 Å². The summed E-state index contributed by atoms with van der Waals surface area (Å²) in [6.45, 7) is 6.42. The first-order chi connectivity index (χ1) is 52.5. The van der Waals surface area contributed by atoms with Crippen LogP contribution in [0, 0.1) is 29.6 Å². The molecule has 35 nitrogen and oxygen atoms in total. The number of hydrazine groups is 1. The summed E-state index contributed by atoms with van der Waals surface area (Å²) in [6.07, 6.45) is 7.24. The average molecular weight is 1560 g/mol. The van der Waals surface area contributed by atoms with Crippen LogP contribution in [0.25, 0.3) is 0 Å². The molecule has 616 valence electrons. The van der Waals surface area contributed by atoms with E-state index in [0.29, 0.717) is 123 Å². The highest BCUT2D eigenvalue weighted by molar-refractivity contribution is 5.95. The van der Waals surface area contributed by atoms with Gasteiger partial charge in [0.2, 0.25) is 29.5 Å². The smallest absolute Gasteiger partial charge is 0.321 e. The van der Waals surface area contributed by atoms with Crippen LogP contribution >= 0.6 is 0 Å². The molecule has 7 fully saturated rings. The molecule has 2 aromatic carbocycles. The third kappa shape index (κ3) is 29.1. The number of carboxylic acid groups (broad SMARTS) is 1. The maximum absolute atomic E-state index is 12.8. The quantitative estimate of drug-likeness (QED) is 0.0128. The normalized spacial score (nSPS) is 23.3. The molecule has 7 aliphatic heterocycles. The molecule has 2 aromatic rings. The number of esters is 6. The second-order valence-corrected chi connectivity index (χ2v) is 27.5. The zero-order valence-corrected chi connectivity index (χ0v) is 65.5. The first kappa shape index (κ1) is 93.6. The number of amides is 6. The number of hydrogen-bond acceptors (Lipinski definition) is 28. The number of piperidine rings is 5. The predicted octanol–water partition coefficient (Wildman–Crippen LogP) is 0.348. The number of ether oxygens (including phenoxy) is 6. The van der Waals surface area contributed by atoms with Gasteiger partial charge in [-0.25, -0.2) is 15.6 Å². The Morgan fingerprint density at radius 1 is 0.555 bits per heavy atom. The minimum Gasteiger partial charge on any atom is -0.480 e. The van der Waals surface area contributed by atoms with E-state index >= 15 is 0 Å². The molecule has 0 aliphatic carbocycles. The van der Waals surface area contributed by atoms with Crippen molar-refractivity contribution in [3.63, 3.8) is 0 Å². The lowest BCUT2D eigenvalue weighted by atomic mass is 9.88. The summed E-state index contributed by atoms with van der Waals surface area (Å²) in [4.78, 5) is 176. The van der Waals surface area contributed by atoms with E-state index in [-0.39, 0.29) is 79.3 Å². The van der Waals surface area contributed by atoms with Crippen LogP contribution in [0.1, 0.15) is 107 Å². The molecule has 110 heavy (non-hydrogen) atoms. The van der Waals surface area contributed by atoms with Crippen molar-refractivity contribution in [3.8, 4) is 0 Å². The molecule has 0 radical (unpaired) electrons. The Kier molecular flexibility index (Phi) is 42.1. The fourth-order valence-corrected chi connectivity index (χ4v) is 13.9. The molecule has 7 saturated heterocycles. The number of fused-ring (bicyclic) bond motifs is 2. The number of carboxylic acids is 1. The Labute approximate surface area is 643 Å². The highest BCUT2D eigenvalue weighted by atomic mass is 17.2. The molecule has 0 saturated carbocycles. The van der Waals surface area contributed by atoms with Crippen LogP contribution in [0.2, 0.25) is 0 Å². The number of likely N-dealkylation sites (tertiary alicyclic amines) is 2. The van der Waals surface area contributed by atoms with E-state index in [1.165, 1.54) is 50.2 Å². The van der Waals surface area contributed by atoms with Gasteiger partial charge in [0.25, 0.3) is 5.91 Å². The molecule has 35 heteroatoms. The summed E-state index contributed by atoms with van der Waals surface area (Å²) in [5, 5.41) is 33.5. The molecule has 0 bridgehead atoms. The summed E-state index contributed by atoms with van der Waals surface area (Å²) < 4.78 is 28.7. The van der Waals surface area contributed by atoms with Crippen LogP contribution in [-0.4, -0.2) is 318 Å². The molecule has 6 amide bonds. The Morgan fingerprint density at radius 2 is 1.00 bits per heavy atom. The van der Waals surface area contributed by atoms with E-state index in [0.717, 1.165) is 48.4 Å². The van der Waals surface area contributed by atoms with Crippen LogP contribution in [-0.2, 0) is 114 Å². The van der Waals surface area contributed by atoms with Gasteiger partial charge in [-0.1, -0.05) is 60.7 Å². The van der Waals surface area contributed by atoms with Crippen molar-refractivity contribution in [1.82, 2.24) is 49.9 Å². The summed E-state index contributed by atoms with van der Waals surface area (Å²) in [5.74, 6) is -1.05. The van der Waals surface area contributed by atoms with E-state index in [1.54, 1.807) is 42.9 Å². The van der Waals surface area contributed by atoms with Crippen molar-refractivity contribution >= 4 is 77.2 Å². The molecule has 9 rings (SSSR count). The number of methoxy groups -OCH3 is 5. The van der Waals surface area contributed by atoms with Crippen LogP contribution < -0.4 is 16.5 Å². The maximum Gasteiger partial charge on any atom is 0.321 e. The van der Waals surface area contributed by atoms with Gasteiger partial charge in [-0.05, 0) is 123 Å². The van der Waals surface area contributed by atoms with Gasteiger partial charge >= 0.3 is 41.8 Å². The number of rotatable bonds is 23. The summed E-state index contributed by atoms with van der Waals surface area (Å²) in [7, 11) is 17.0. The number of benzene rings is 2. The summed E-state index contributed by atoms with van der Waals surface area (Å²) in [5.41, 5.74) is 2.06. The highest BCUT2D eigenvalue weighted by Crippen LogP contribution is 2.31. The minimum absolute atomic E-state index is 0.0497. The molecule has 10 atom stereocenters. The lowest BCUT2D eigenvalue weighted by molar-refractivity contribution is -0.304. The first-order valence-corrected chi connectivity index (χ1v) is 37.2. The Bertz CT molecular complexity index is 3200. The Hall–Kier alpha value is -8.81. The zero-order valence-electron chi connectivity index (χ0n) is 65.5. The molecule has 7 N–H and O–H groups in total. The lowest BCUT2D eigenvalue weighted by Gasteiger charge is -2.38. The van der Waals surface area contributed by atoms with Gasteiger partial charge in [0.1, 0.15) is 43.4 Å². The zero-order chi connectivity index (χ0) is 81.6. The summed E-state index contributed by atoms with van der Waals surface area (Å²) >= 11 is 0. The van der Waals surface area contributed by atoms with Crippen LogP contribution in [0.5, 0.6) is 0 Å². The topological polar surface area (TPSA) is 432 Å². The van der Waals surface area contributed by atoms with E-state index < -0.39 is 90.0 Å². The number of likely N-dealkylation sites (N-methyl/N-ethyl adjacent to an activating group) is 5. The van der Waals surface area contributed by atoms with Gasteiger partial charge in [-0.3, -0.25) is 77.1 Å². The number of nitrogens with one attached hydrogen (secondary N) is 2. The van der Waals surface area contributed by atoms with Gasteiger partial charge in [-0.2, -0.15) is 0 Å². The van der Waals surface area contributed by atoms with E-state index in [2.05, 4.69) is 15.4 Å². The van der Waals surface area contributed by atoms with Crippen LogP contribution in [0.3, 0.4) is 0 Å². The van der Waals surface area contributed by atoms with Crippen molar-refractivity contribution in [1.29, 1.82) is 0 Å². The van der Waals surface area contributed by atoms with Crippen molar-refractivity contribution in [2.75, 3.05) is 150 Å². The van der Waals surface area contributed by atoms with Gasteiger partial charge in [0.05, 0.1) is 78.2 Å². The van der Waals surface area contributed by atoms with Gasteiger partial charge < -0.3 is 78.9 Å². The standard InChI is InChI=1S/C20H30N2O5.C12H22N2O5.C12H18N2O4.C11H17N3O4.C11H15NO2.C9H15NO4/c1-21-12-7-11-17(20(24)25-3)18(21)19(23)22(2)13-8-14-26-27-15-16-9-5-4-6-10-16;1-14(7-5-9(15)16)11(17)10-8(12(18)19-2)4-3-6-13-10;1-13-7-5-9(15)14-6-3-4-8(12(17)18-2)10(14)11(13)16;1-18-11(17)7-3-2-5-13-8(15)4-6-14(12)10(16)9(7)13;1-12-8-7-11(13)14-9-10-5-3-2-4-6-10;1-10-5-3-4-6(9(13)14-2)7(10)8(11)12/h4-6,9-10,17-18H,7-8,11-15H2,1-3H3;8-10,13,15-16H,3-7H2,1-2H3;8,10H,3-7H2,1-2H3;7,9H,2-6,12H2,1H3;2-6,12H,7-9H2,1H3;6-7H,3-5H2,1-2H3,(H,11,12)/t17-,18+;2*8-,10+;7-,9+;;6-,7+/m1111.1/s1. The van der Waals surface area contributed by atoms with Crippen molar-refractivity contribution in [3.05, 3.63) is 71.8 Å². The summed E-state index contributed by atoms with van der Waals surface area (Å²) in [6, 6.07) is 16.2. The largest absolute Gasteiger partial charge is 0.480 e. The first-order valence-electron chi connectivity index (χ1n) is 37.2. The number of aliphatic carboxylic acids is 1. The van der Waals surface area contributed by atoms with Crippen LogP contribution in [0.15, 0.2) is 60.7 Å². The van der Waals surface area contributed by atoms with E-state index in [4.69, 9.17) is 54.6 Å². The number of aliphatic hydroxyl groups is 2. The second kappa shape index (κ2) is 49.4. The van der Waals surface area contributed by atoms with Gasteiger partial charge in [0, 0.05) is 86.2 Å². The monoisotopic (exact) mass is 1560 g/mol. The molecular weight excluding hydrogens is 1440 g/mol. The number of nitrogens with two attached hydrogens (primary N) is 1. The minimum atomic E-state index is -1.44. The van der Waals surface area contributed by atoms with Gasteiger partial charge in [0.15, 0.2) is 6.29 Å². The number of aliphatic hydroxyl groups excluding tert-OH is 1. The molecule has 0 unspecified atom stereocenters. The fourth-order valence-electron chi connectivity index (χ4n) is 13.9. The molecule has 7 heterocycles. The van der Waals surface area contributed by atoms with Crippen molar-refractivity contribution in [2.24, 2.45) is 35.4 Å². The molecule has 7 aliphatic rings. The Balaban J connectivity index is 0.000000283. The maximum atomic E-state index is 12.8. The van der Waals surface area contributed by atoms with E-state index in [1.807, 2.05) is 79.7 Å².